The number of likely N-dealkylation sites (tertiary alicyclic amines) is 1. The largest absolute Gasteiger partial charge is 0.386 e. The third kappa shape index (κ3) is 2.23. The van der Waals surface area contributed by atoms with E-state index in [1.807, 2.05) is 0 Å². The van der Waals surface area contributed by atoms with E-state index in [9.17, 15) is 9.59 Å². The second-order valence-corrected chi connectivity index (χ2v) is 5.96. The van der Waals surface area contributed by atoms with Gasteiger partial charge < -0.3 is 15.5 Å². The molecule has 2 N–H and O–H groups in total. The third-order valence-corrected chi connectivity index (χ3v) is 4.65. The van der Waals surface area contributed by atoms with E-state index in [0.717, 1.165) is 37.3 Å². The molecule has 2 heterocycles. The zero-order chi connectivity index (χ0) is 15.9. The molecule has 0 aliphatic carbocycles. The summed E-state index contributed by atoms with van der Waals surface area (Å²) in [5.74, 6) is -0.317. The lowest BCUT2D eigenvalue weighted by atomic mass is 10.0. The van der Waals surface area contributed by atoms with Crippen molar-refractivity contribution in [3.63, 3.8) is 0 Å². The molecule has 2 aliphatic rings. The first-order valence-electron chi connectivity index (χ1n) is 7.66. The van der Waals surface area contributed by atoms with Crippen LogP contribution < -0.4 is 10.6 Å². The minimum Gasteiger partial charge on any atom is -0.386 e. The van der Waals surface area contributed by atoms with Gasteiger partial charge in [0.05, 0.1) is 22.5 Å². The summed E-state index contributed by atoms with van der Waals surface area (Å²) in [6.45, 7) is 1.84. The van der Waals surface area contributed by atoms with Crippen molar-refractivity contribution in [3.8, 4) is 0 Å². The highest BCUT2D eigenvalue weighted by Gasteiger charge is 2.41. The molecule has 2 aliphatic heterocycles. The van der Waals surface area contributed by atoms with E-state index < -0.39 is 0 Å². The number of carbonyl (C=O) groups is 2. The number of amides is 2. The summed E-state index contributed by atoms with van der Waals surface area (Å²) in [5, 5.41) is 6.12. The number of carbonyl (C=O) groups excluding carboxylic acids is 2. The van der Waals surface area contributed by atoms with Gasteiger partial charge in [0.15, 0.2) is 0 Å². The molecule has 0 saturated carbocycles. The molecule has 22 heavy (non-hydrogen) atoms. The van der Waals surface area contributed by atoms with Crippen LogP contribution in [0.3, 0.4) is 0 Å². The van der Waals surface area contributed by atoms with E-state index in [1.165, 1.54) is 4.90 Å². The van der Waals surface area contributed by atoms with E-state index in [2.05, 4.69) is 22.6 Å². The maximum Gasteiger partial charge on any atom is 0.261 e. The zero-order valence-electron chi connectivity index (χ0n) is 13.3. The summed E-state index contributed by atoms with van der Waals surface area (Å²) < 4.78 is 0. The van der Waals surface area contributed by atoms with E-state index in [0.29, 0.717) is 11.1 Å². The second kappa shape index (κ2) is 5.61. The van der Waals surface area contributed by atoms with Gasteiger partial charge in [-0.3, -0.25) is 14.5 Å². The summed E-state index contributed by atoms with van der Waals surface area (Å²) in [5.41, 5.74) is 2.67. The molecule has 6 nitrogen and oxygen atoms in total. The van der Waals surface area contributed by atoms with Crippen molar-refractivity contribution >= 4 is 23.2 Å². The quantitative estimate of drug-likeness (QED) is 0.828. The van der Waals surface area contributed by atoms with Gasteiger partial charge in [-0.05, 0) is 45.1 Å². The Morgan fingerprint density at radius 2 is 1.41 bits per heavy atom. The van der Waals surface area contributed by atoms with Crippen molar-refractivity contribution < 1.29 is 9.59 Å². The summed E-state index contributed by atoms with van der Waals surface area (Å²) in [6.07, 6.45) is 1.69. The van der Waals surface area contributed by atoms with Crippen molar-refractivity contribution in [1.29, 1.82) is 0 Å². The number of piperidine rings is 1. The minimum absolute atomic E-state index is 0.0136. The smallest absolute Gasteiger partial charge is 0.261 e. The van der Waals surface area contributed by atoms with Gasteiger partial charge in [0.25, 0.3) is 11.8 Å². The lowest BCUT2D eigenvalue weighted by molar-refractivity contribution is 0.0516. The molecule has 0 spiro atoms. The van der Waals surface area contributed by atoms with Crippen LogP contribution in [-0.4, -0.2) is 61.9 Å². The lowest BCUT2D eigenvalue weighted by Gasteiger charge is -2.33. The molecule has 0 bridgehead atoms. The average molecular weight is 302 g/mol. The monoisotopic (exact) mass is 302 g/mol. The Morgan fingerprint density at radius 3 is 1.82 bits per heavy atom. The fourth-order valence-electron chi connectivity index (χ4n) is 3.30. The first-order chi connectivity index (χ1) is 10.6. The number of fused-ring (bicyclic) bond motifs is 1. The van der Waals surface area contributed by atoms with Crippen molar-refractivity contribution in [2.75, 3.05) is 44.9 Å². The van der Waals surface area contributed by atoms with Gasteiger partial charge in [0.1, 0.15) is 0 Å². The molecule has 2 amide bonds. The number of imide groups is 1. The summed E-state index contributed by atoms with van der Waals surface area (Å²) in [6, 6.07) is 3.56. The summed E-state index contributed by atoms with van der Waals surface area (Å²) in [7, 11) is 5.67. The van der Waals surface area contributed by atoms with E-state index >= 15 is 0 Å². The van der Waals surface area contributed by atoms with Gasteiger partial charge in [-0.15, -0.1) is 0 Å². The fraction of sp³-hybridized carbons (Fsp3) is 0.500. The Morgan fingerprint density at radius 1 is 0.955 bits per heavy atom. The number of nitrogens with zero attached hydrogens (tertiary/aromatic N) is 2. The van der Waals surface area contributed by atoms with Gasteiger partial charge in [-0.1, -0.05) is 0 Å². The Balaban J connectivity index is 1.94. The third-order valence-electron chi connectivity index (χ3n) is 4.65. The predicted molar refractivity (Wildman–Crippen MR) is 86.6 cm³/mol. The van der Waals surface area contributed by atoms with Crippen LogP contribution in [0.25, 0.3) is 0 Å². The Kier molecular flexibility index (Phi) is 3.78. The highest BCUT2D eigenvalue weighted by molar-refractivity contribution is 6.22. The number of benzene rings is 1. The fourth-order valence-corrected chi connectivity index (χ4v) is 3.30. The molecule has 3 rings (SSSR count). The topological polar surface area (TPSA) is 64.7 Å². The summed E-state index contributed by atoms with van der Waals surface area (Å²) in [4.78, 5) is 29.1. The van der Waals surface area contributed by atoms with Gasteiger partial charge in [0.2, 0.25) is 0 Å². The number of hydrogen-bond acceptors (Lipinski definition) is 5. The molecule has 1 saturated heterocycles. The van der Waals surface area contributed by atoms with Crippen LogP contribution in [-0.2, 0) is 0 Å². The predicted octanol–water partition coefficient (Wildman–Crippen LogP) is 1.46. The number of anilines is 2. The van der Waals surface area contributed by atoms with E-state index in [-0.39, 0.29) is 17.9 Å². The second-order valence-electron chi connectivity index (χ2n) is 5.96. The van der Waals surface area contributed by atoms with Crippen LogP contribution in [0.2, 0.25) is 0 Å². The normalized spacial score (nSPS) is 19.5. The molecule has 0 radical (unpaired) electrons. The molecule has 0 atom stereocenters. The highest BCUT2D eigenvalue weighted by Crippen LogP contribution is 2.34. The van der Waals surface area contributed by atoms with E-state index in [1.54, 1.807) is 26.2 Å². The average Bonchev–Trinajstić information content (AvgIpc) is 2.78. The Bertz CT molecular complexity index is 578. The number of hydrogen-bond donors (Lipinski definition) is 2. The maximum atomic E-state index is 12.7. The van der Waals surface area contributed by atoms with Crippen LogP contribution in [0, 0.1) is 0 Å². The highest BCUT2D eigenvalue weighted by atomic mass is 16.2. The maximum absolute atomic E-state index is 12.7. The Labute approximate surface area is 130 Å². The molecule has 6 heteroatoms. The van der Waals surface area contributed by atoms with Gasteiger partial charge >= 0.3 is 0 Å². The van der Waals surface area contributed by atoms with Crippen LogP contribution in [0.15, 0.2) is 12.1 Å². The molecule has 0 unspecified atom stereocenters. The van der Waals surface area contributed by atoms with Crippen LogP contribution in [0.5, 0.6) is 0 Å². The minimum atomic E-state index is -0.159. The van der Waals surface area contributed by atoms with Crippen LogP contribution >= 0.6 is 0 Å². The summed E-state index contributed by atoms with van der Waals surface area (Å²) >= 11 is 0. The molecule has 1 aromatic rings. The van der Waals surface area contributed by atoms with Crippen molar-refractivity contribution in [2.24, 2.45) is 0 Å². The lowest BCUT2D eigenvalue weighted by Crippen LogP contribution is -2.46. The first kappa shape index (κ1) is 14.8. The molecule has 1 fully saturated rings. The molecular formula is C16H22N4O2. The van der Waals surface area contributed by atoms with Crippen LogP contribution in [0.1, 0.15) is 33.6 Å². The number of rotatable bonds is 3. The van der Waals surface area contributed by atoms with Crippen molar-refractivity contribution in [3.05, 3.63) is 23.3 Å². The molecule has 0 aromatic heterocycles. The van der Waals surface area contributed by atoms with Gasteiger partial charge in [-0.25, -0.2) is 0 Å². The standard InChI is InChI=1S/C16H22N4O2/c1-17-13-8-11-12(9-14(13)18-2)16(22)20(15(11)21)10-4-6-19(3)7-5-10/h8-10,17-18H,4-7H2,1-3H3. The van der Waals surface area contributed by atoms with Crippen LogP contribution in [0.4, 0.5) is 11.4 Å². The Hall–Kier alpha value is -2.08. The molecule has 1 aromatic carbocycles. The van der Waals surface area contributed by atoms with E-state index in [4.69, 9.17) is 0 Å². The van der Waals surface area contributed by atoms with Gasteiger partial charge in [-0.2, -0.15) is 0 Å². The SMILES string of the molecule is CNc1cc2c(cc1NC)C(=O)N(C1CCN(C)CC1)C2=O. The first-order valence-corrected chi connectivity index (χ1v) is 7.66. The number of nitrogens with one attached hydrogen (secondary N) is 2. The zero-order valence-corrected chi connectivity index (χ0v) is 13.3. The molecule has 118 valence electrons. The van der Waals surface area contributed by atoms with Crippen molar-refractivity contribution in [1.82, 2.24) is 9.80 Å². The molecular weight excluding hydrogens is 280 g/mol. The van der Waals surface area contributed by atoms with Crippen molar-refractivity contribution in [2.45, 2.75) is 18.9 Å². The van der Waals surface area contributed by atoms with Gasteiger partial charge in [0, 0.05) is 20.1 Å².